The molecule has 27 heavy (non-hydrogen) atoms. The zero-order valence-electron chi connectivity index (χ0n) is 14.5. The lowest BCUT2D eigenvalue weighted by Gasteiger charge is -2.28. The van der Waals surface area contributed by atoms with Crippen LogP contribution in [0.2, 0.25) is 5.02 Å². The molecule has 0 saturated carbocycles. The first-order chi connectivity index (χ1) is 12.8. The van der Waals surface area contributed by atoms with Crippen LogP contribution in [0.15, 0.2) is 53.0 Å². The predicted molar refractivity (Wildman–Crippen MR) is 109 cm³/mol. The summed E-state index contributed by atoms with van der Waals surface area (Å²) in [6, 6.07) is 14.0. The summed E-state index contributed by atoms with van der Waals surface area (Å²) in [6.45, 7) is 0.172. The Balaban J connectivity index is 1.72. The van der Waals surface area contributed by atoms with E-state index in [1.54, 1.807) is 29.2 Å². The summed E-state index contributed by atoms with van der Waals surface area (Å²) in [6.07, 6.45) is 0.444. The molecule has 1 aliphatic rings. The van der Waals surface area contributed by atoms with Crippen molar-refractivity contribution in [2.24, 2.45) is 0 Å². The van der Waals surface area contributed by atoms with Crippen LogP contribution in [0, 0.1) is 0 Å². The molecule has 3 rings (SSSR count). The van der Waals surface area contributed by atoms with E-state index in [1.165, 1.54) is 0 Å². The number of halogens is 2. The molecule has 1 saturated heterocycles. The summed E-state index contributed by atoms with van der Waals surface area (Å²) < 4.78 is 30.3. The van der Waals surface area contributed by atoms with E-state index in [1.807, 2.05) is 24.3 Å². The predicted octanol–water partition coefficient (Wildman–Crippen LogP) is 3.70. The molecule has 1 amide bonds. The van der Waals surface area contributed by atoms with Gasteiger partial charge in [-0.2, -0.15) is 0 Å². The summed E-state index contributed by atoms with van der Waals surface area (Å²) in [5, 5.41) is 0.610. The maximum absolute atomic E-state index is 12.8. The molecule has 1 atom stereocenters. The molecule has 5 nitrogen and oxygen atoms in total. The third-order valence-corrected chi connectivity index (χ3v) is 6.94. The van der Waals surface area contributed by atoms with Crippen LogP contribution in [0.4, 0.5) is 0 Å². The fraction of sp³-hybridized carbons (Fsp3) is 0.316. The van der Waals surface area contributed by atoms with Crippen molar-refractivity contribution in [3.05, 3.63) is 63.6 Å². The second kappa shape index (κ2) is 8.63. The van der Waals surface area contributed by atoms with E-state index in [0.717, 1.165) is 10.0 Å². The van der Waals surface area contributed by atoms with Crippen molar-refractivity contribution < 1.29 is 17.9 Å². The van der Waals surface area contributed by atoms with Gasteiger partial charge >= 0.3 is 0 Å². The Bertz CT molecular complexity index is 900. The molecule has 0 N–H and O–H groups in total. The Morgan fingerprint density at radius 1 is 1.15 bits per heavy atom. The van der Waals surface area contributed by atoms with Crippen molar-refractivity contribution in [1.29, 1.82) is 0 Å². The highest BCUT2D eigenvalue weighted by Gasteiger charge is 2.34. The molecule has 0 spiro atoms. The number of ether oxygens (including phenoxy) is 1. The minimum Gasteiger partial charge on any atom is -0.484 e. The lowest BCUT2D eigenvalue weighted by atomic mass is 10.1. The smallest absolute Gasteiger partial charge is 0.261 e. The van der Waals surface area contributed by atoms with Gasteiger partial charge in [-0.3, -0.25) is 4.79 Å². The Morgan fingerprint density at radius 2 is 1.81 bits per heavy atom. The highest BCUT2D eigenvalue weighted by atomic mass is 79.9. The van der Waals surface area contributed by atoms with E-state index in [0.29, 0.717) is 23.7 Å². The average Bonchev–Trinajstić information content (AvgIpc) is 3.00. The van der Waals surface area contributed by atoms with Crippen LogP contribution in [0.1, 0.15) is 12.0 Å². The minimum absolute atomic E-state index is 0.00931. The lowest BCUT2D eigenvalue weighted by Crippen LogP contribution is -2.43. The maximum Gasteiger partial charge on any atom is 0.261 e. The number of rotatable bonds is 6. The number of amides is 1. The molecule has 2 aromatic rings. The van der Waals surface area contributed by atoms with Gasteiger partial charge in [-0.25, -0.2) is 8.42 Å². The summed E-state index contributed by atoms with van der Waals surface area (Å²) in [5.41, 5.74) is 0.890. The fourth-order valence-electron chi connectivity index (χ4n) is 2.99. The van der Waals surface area contributed by atoms with E-state index in [-0.39, 0.29) is 30.1 Å². The Hall–Kier alpha value is -1.57. The first-order valence-corrected chi connectivity index (χ1v) is 11.4. The molecule has 1 unspecified atom stereocenters. The monoisotopic (exact) mass is 471 g/mol. The van der Waals surface area contributed by atoms with E-state index in [4.69, 9.17) is 16.3 Å². The molecule has 0 radical (unpaired) electrons. The molecule has 2 aromatic carbocycles. The van der Waals surface area contributed by atoms with Crippen LogP contribution in [-0.2, 0) is 21.2 Å². The summed E-state index contributed by atoms with van der Waals surface area (Å²) in [4.78, 5) is 14.4. The van der Waals surface area contributed by atoms with Crippen molar-refractivity contribution >= 4 is 43.3 Å². The SMILES string of the molecule is O=C(COc1ccc(Br)cc1)N(Cc1ccc(Cl)cc1)C1CCS(=O)(=O)C1. The first kappa shape index (κ1) is 20.2. The quantitative estimate of drug-likeness (QED) is 0.643. The molecule has 1 fully saturated rings. The van der Waals surface area contributed by atoms with E-state index >= 15 is 0 Å². The van der Waals surface area contributed by atoms with Gasteiger partial charge < -0.3 is 9.64 Å². The van der Waals surface area contributed by atoms with Crippen molar-refractivity contribution in [1.82, 2.24) is 4.90 Å². The average molecular weight is 473 g/mol. The van der Waals surface area contributed by atoms with Gasteiger partial charge in [0.2, 0.25) is 0 Å². The molecular weight excluding hydrogens is 454 g/mol. The zero-order chi connectivity index (χ0) is 19.4. The maximum atomic E-state index is 12.8. The second-order valence-corrected chi connectivity index (χ2v) is 10.0. The van der Waals surface area contributed by atoms with Crippen LogP contribution < -0.4 is 4.74 Å². The largest absolute Gasteiger partial charge is 0.484 e. The number of benzene rings is 2. The van der Waals surface area contributed by atoms with Crippen molar-refractivity contribution in [3.63, 3.8) is 0 Å². The van der Waals surface area contributed by atoms with E-state index in [2.05, 4.69) is 15.9 Å². The summed E-state index contributed by atoms with van der Waals surface area (Å²) >= 11 is 9.27. The third-order valence-electron chi connectivity index (χ3n) is 4.41. The van der Waals surface area contributed by atoms with Gasteiger partial charge in [0.25, 0.3) is 5.91 Å². The molecule has 144 valence electrons. The van der Waals surface area contributed by atoms with Crippen LogP contribution >= 0.6 is 27.5 Å². The fourth-order valence-corrected chi connectivity index (χ4v) is 5.11. The highest BCUT2D eigenvalue weighted by Crippen LogP contribution is 2.22. The first-order valence-electron chi connectivity index (χ1n) is 8.45. The van der Waals surface area contributed by atoms with E-state index in [9.17, 15) is 13.2 Å². The van der Waals surface area contributed by atoms with Gasteiger partial charge in [0.1, 0.15) is 5.75 Å². The molecule has 0 aliphatic carbocycles. The third kappa shape index (κ3) is 5.70. The molecule has 1 aliphatic heterocycles. The molecular formula is C19H19BrClNO4S. The van der Waals surface area contributed by atoms with E-state index < -0.39 is 9.84 Å². The topological polar surface area (TPSA) is 63.7 Å². The summed E-state index contributed by atoms with van der Waals surface area (Å²) in [5.74, 6) is 0.437. The van der Waals surface area contributed by atoms with Gasteiger partial charge in [-0.05, 0) is 48.4 Å². The summed E-state index contributed by atoms with van der Waals surface area (Å²) in [7, 11) is -3.11. The normalized spacial score (nSPS) is 18.2. The second-order valence-electron chi connectivity index (χ2n) is 6.45. The van der Waals surface area contributed by atoms with Crippen molar-refractivity contribution in [3.8, 4) is 5.75 Å². The Labute approximate surface area is 172 Å². The van der Waals surface area contributed by atoms with Crippen LogP contribution in [0.5, 0.6) is 5.75 Å². The number of hydrogen-bond acceptors (Lipinski definition) is 4. The van der Waals surface area contributed by atoms with Crippen molar-refractivity contribution in [2.75, 3.05) is 18.1 Å². The Kier molecular flexibility index (Phi) is 6.44. The Morgan fingerprint density at radius 3 is 2.41 bits per heavy atom. The van der Waals surface area contributed by atoms with Gasteiger partial charge in [0, 0.05) is 22.1 Å². The number of carbonyl (C=O) groups excluding carboxylic acids is 1. The minimum atomic E-state index is -3.11. The lowest BCUT2D eigenvalue weighted by molar-refractivity contribution is -0.136. The molecule has 8 heteroatoms. The molecule has 0 aromatic heterocycles. The van der Waals surface area contributed by atoms with Gasteiger partial charge in [0.15, 0.2) is 16.4 Å². The number of carbonyl (C=O) groups is 1. The number of sulfone groups is 1. The van der Waals surface area contributed by atoms with Crippen LogP contribution in [0.25, 0.3) is 0 Å². The standard InChI is InChI=1S/C19H19BrClNO4S/c20-15-3-7-18(8-4-15)26-12-19(23)22(17-9-10-27(24,25)13-17)11-14-1-5-16(21)6-2-14/h1-8,17H,9-13H2. The van der Waals surface area contributed by atoms with Gasteiger partial charge in [-0.15, -0.1) is 0 Å². The molecule has 1 heterocycles. The highest BCUT2D eigenvalue weighted by molar-refractivity contribution is 9.10. The van der Waals surface area contributed by atoms with Crippen LogP contribution in [-0.4, -0.2) is 43.4 Å². The van der Waals surface area contributed by atoms with Gasteiger partial charge in [-0.1, -0.05) is 39.7 Å². The van der Waals surface area contributed by atoms with Crippen LogP contribution in [0.3, 0.4) is 0 Å². The number of nitrogens with zero attached hydrogens (tertiary/aromatic N) is 1. The number of hydrogen-bond donors (Lipinski definition) is 0. The molecule has 0 bridgehead atoms. The van der Waals surface area contributed by atoms with Crippen molar-refractivity contribution in [2.45, 2.75) is 19.0 Å². The van der Waals surface area contributed by atoms with Gasteiger partial charge in [0.05, 0.1) is 11.5 Å². The zero-order valence-corrected chi connectivity index (χ0v) is 17.6.